The van der Waals surface area contributed by atoms with E-state index < -0.39 is 0 Å². The standard InChI is InChI=1S/C27H36N4O2S/c1-18(2)30(19(3)4)15-16-31-26(33)23-13-9-10-14-24(23)29-27(31)34-17-25(32)28-21(6)22-12-8-7-11-20(22)5/h7-14,18-19,21H,15-17H2,1-6H3,(H,28,32). The van der Waals surface area contributed by atoms with E-state index in [0.717, 1.165) is 17.7 Å². The van der Waals surface area contributed by atoms with Crippen molar-refractivity contribution < 1.29 is 4.79 Å². The number of hydrogen-bond donors (Lipinski definition) is 1. The molecule has 1 unspecified atom stereocenters. The van der Waals surface area contributed by atoms with Crippen LogP contribution in [0, 0.1) is 6.92 Å². The molecule has 0 fully saturated rings. The monoisotopic (exact) mass is 480 g/mol. The fraction of sp³-hybridized carbons (Fsp3) is 0.444. The Morgan fingerprint density at radius 1 is 1.03 bits per heavy atom. The Hall–Kier alpha value is -2.64. The number of aryl methyl sites for hydroxylation is 1. The van der Waals surface area contributed by atoms with Crippen LogP contribution >= 0.6 is 11.8 Å². The number of carbonyl (C=O) groups is 1. The number of nitrogens with one attached hydrogen (secondary N) is 1. The maximum atomic E-state index is 13.3. The van der Waals surface area contributed by atoms with E-state index in [1.165, 1.54) is 11.8 Å². The number of aromatic nitrogens is 2. The van der Waals surface area contributed by atoms with Crippen molar-refractivity contribution in [2.75, 3.05) is 12.3 Å². The summed E-state index contributed by atoms with van der Waals surface area (Å²) >= 11 is 1.32. The molecule has 7 heteroatoms. The first-order valence-electron chi connectivity index (χ1n) is 11.9. The van der Waals surface area contributed by atoms with E-state index in [2.05, 4.69) is 37.9 Å². The van der Waals surface area contributed by atoms with Gasteiger partial charge in [-0.25, -0.2) is 4.98 Å². The van der Waals surface area contributed by atoms with Crippen molar-refractivity contribution in [1.29, 1.82) is 0 Å². The molecule has 1 heterocycles. The SMILES string of the molecule is Cc1ccccc1C(C)NC(=O)CSc1nc2ccccc2c(=O)n1CCN(C(C)C)C(C)C. The number of carbonyl (C=O) groups excluding carboxylic acids is 1. The zero-order valence-corrected chi connectivity index (χ0v) is 21.9. The minimum absolute atomic E-state index is 0.0609. The Morgan fingerprint density at radius 3 is 2.35 bits per heavy atom. The van der Waals surface area contributed by atoms with Crippen molar-refractivity contribution in [3.63, 3.8) is 0 Å². The van der Waals surface area contributed by atoms with Gasteiger partial charge in [0.05, 0.1) is 22.7 Å². The fourth-order valence-electron chi connectivity index (χ4n) is 4.35. The predicted octanol–water partition coefficient (Wildman–Crippen LogP) is 4.79. The highest BCUT2D eigenvalue weighted by Gasteiger charge is 2.18. The van der Waals surface area contributed by atoms with Crippen molar-refractivity contribution in [1.82, 2.24) is 19.8 Å². The minimum Gasteiger partial charge on any atom is -0.349 e. The van der Waals surface area contributed by atoms with Crippen LogP contribution in [0.1, 0.15) is 51.8 Å². The second kappa shape index (κ2) is 11.7. The van der Waals surface area contributed by atoms with Gasteiger partial charge in [-0.1, -0.05) is 48.2 Å². The molecule has 182 valence electrons. The Labute approximate surface area is 206 Å². The van der Waals surface area contributed by atoms with Gasteiger partial charge < -0.3 is 5.32 Å². The van der Waals surface area contributed by atoms with Gasteiger partial charge >= 0.3 is 0 Å². The normalized spacial score (nSPS) is 12.6. The summed E-state index contributed by atoms with van der Waals surface area (Å²) in [7, 11) is 0. The molecule has 0 saturated carbocycles. The van der Waals surface area contributed by atoms with Gasteiger partial charge in [0.25, 0.3) is 5.56 Å². The van der Waals surface area contributed by atoms with Crippen molar-refractivity contribution in [2.45, 2.75) is 71.4 Å². The molecular formula is C27H36N4O2S. The molecule has 1 amide bonds. The third-order valence-corrected chi connectivity index (χ3v) is 7.08. The van der Waals surface area contributed by atoms with Crippen LogP contribution in [-0.2, 0) is 11.3 Å². The molecule has 0 spiro atoms. The van der Waals surface area contributed by atoms with E-state index in [0.29, 0.717) is 34.7 Å². The minimum atomic E-state index is -0.0910. The van der Waals surface area contributed by atoms with E-state index in [1.807, 2.05) is 62.4 Å². The second-order valence-corrected chi connectivity index (χ2v) is 10.2. The molecule has 0 aliphatic rings. The molecule has 0 bridgehead atoms. The van der Waals surface area contributed by atoms with Gasteiger partial charge in [0.15, 0.2) is 5.16 Å². The predicted molar refractivity (Wildman–Crippen MR) is 141 cm³/mol. The molecule has 2 aromatic carbocycles. The highest BCUT2D eigenvalue weighted by molar-refractivity contribution is 7.99. The maximum Gasteiger partial charge on any atom is 0.262 e. The highest BCUT2D eigenvalue weighted by Crippen LogP contribution is 2.20. The van der Waals surface area contributed by atoms with Gasteiger partial charge in [0, 0.05) is 25.2 Å². The van der Waals surface area contributed by atoms with Crippen molar-refractivity contribution in [3.8, 4) is 0 Å². The van der Waals surface area contributed by atoms with Gasteiger partial charge in [0.2, 0.25) is 5.91 Å². The third kappa shape index (κ3) is 6.27. The lowest BCUT2D eigenvalue weighted by atomic mass is 10.0. The number of nitrogens with zero attached hydrogens (tertiary/aromatic N) is 3. The lowest BCUT2D eigenvalue weighted by Crippen LogP contribution is -2.40. The van der Waals surface area contributed by atoms with Crippen LogP contribution in [0.3, 0.4) is 0 Å². The average Bonchev–Trinajstić information content (AvgIpc) is 2.79. The molecule has 1 N–H and O–H groups in total. The summed E-state index contributed by atoms with van der Waals surface area (Å²) in [5.74, 6) is 0.111. The van der Waals surface area contributed by atoms with Crippen LogP contribution in [-0.4, -0.2) is 44.7 Å². The number of rotatable bonds is 10. The molecule has 6 nitrogen and oxygen atoms in total. The fourth-order valence-corrected chi connectivity index (χ4v) is 5.18. The van der Waals surface area contributed by atoms with Crippen LogP contribution in [0.4, 0.5) is 0 Å². The van der Waals surface area contributed by atoms with E-state index in [-0.39, 0.29) is 23.3 Å². The van der Waals surface area contributed by atoms with Gasteiger partial charge in [-0.15, -0.1) is 0 Å². The van der Waals surface area contributed by atoms with E-state index in [4.69, 9.17) is 4.98 Å². The van der Waals surface area contributed by atoms with Gasteiger partial charge in [-0.05, 0) is 64.8 Å². The van der Waals surface area contributed by atoms with E-state index in [9.17, 15) is 9.59 Å². The Balaban J connectivity index is 1.80. The summed E-state index contributed by atoms with van der Waals surface area (Å²) < 4.78 is 1.73. The van der Waals surface area contributed by atoms with Crippen LogP contribution in [0.5, 0.6) is 0 Å². The molecule has 1 aromatic heterocycles. The number of fused-ring (bicyclic) bond motifs is 1. The zero-order chi connectivity index (χ0) is 24.8. The molecule has 3 aromatic rings. The quantitative estimate of drug-likeness (QED) is 0.334. The third-order valence-electron chi connectivity index (χ3n) is 6.10. The Bertz CT molecular complexity index is 1180. The van der Waals surface area contributed by atoms with Crippen LogP contribution in [0.25, 0.3) is 10.9 Å². The summed E-state index contributed by atoms with van der Waals surface area (Å²) in [6.45, 7) is 13.9. The van der Waals surface area contributed by atoms with Crippen molar-refractivity contribution >= 4 is 28.6 Å². The van der Waals surface area contributed by atoms with Crippen molar-refractivity contribution in [2.24, 2.45) is 0 Å². The number of amides is 1. The number of para-hydroxylation sites is 1. The first-order valence-corrected chi connectivity index (χ1v) is 12.9. The molecule has 3 rings (SSSR count). The smallest absolute Gasteiger partial charge is 0.262 e. The van der Waals surface area contributed by atoms with Gasteiger partial charge in [0.1, 0.15) is 0 Å². The van der Waals surface area contributed by atoms with E-state index >= 15 is 0 Å². The molecule has 0 aliphatic carbocycles. The zero-order valence-electron chi connectivity index (χ0n) is 21.0. The van der Waals surface area contributed by atoms with Crippen LogP contribution in [0.2, 0.25) is 0 Å². The Kier molecular flexibility index (Phi) is 8.91. The highest BCUT2D eigenvalue weighted by atomic mass is 32.2. The first-order chi connectivity index (χ1) is 16.2. The van der Waals surface area contributed by atoms with Crippen LogP contribution < -0.4 is 10.9 Å². The molecule has 0 saturated heterocycles. The largest absolute Gasteiger partial charge is 0.349 e. The summed E-state index contributed by atoms with van der Waals surface area (Å²) in [6, 6.07) is 16.1. The van der Waals surface area contributed by atoms with Crippen molar-refractivity contribution in [3.05, 3.63) is 70.0 Å². The summed E-state index contributed by atoms with van der Waals surface area (Å²) in [5, 5.41) is 4.26. The number of hydrogen-bond acceptors (Lipinski definition) is 5. The molecular weight excluding hydrogens is 444 g/mol. The van der Waals surface area contributed by atoms with Crippen LogP contribution in [0.15, 0.2) is 58.5 Å². The molecule has 34 heavy (non-hydrogen) atoms. The number of thioether (sulfide) groups is 1. The van der Waals surface area contributed by atoms with E-state index in [1.54, 1.807) is 4.57 Å². The Morgan fingerprint density at radius 2 is 1.68 bits per heavy atom. The van der Waals surface area contributed by atoms with Gasteiger partial charge in [-0.2, -0.15) is 0 Å². The van der Waals surface area contributed by atoms with Gasteiger partial charge in [-0.3, -0.25) is 19.1 Å². The average molecular weight is 481 g/mol. The lowest BCUT2D eigenvalue weighted by molar-refractivity contribution is -0.119. The molecule has 1 atom stereocenters. The second-order valence-electron chi connectivity index (χ2n) is 9.23. The maximum absolute atomic E-state index is 13.3. The summed E-state index contributed by atoms with van der Waals surface area (Å²) in [6.07, 6.45) is 0. The topological polar surface area (TPSA) is 67.2 Å². The summed E-state index contributed by atoms with van der Waals surface area (Å²) in [4.78, 5) is 33.2. The molecule has 0 aliphatic heterocycles. The molecule has 0 radical (unpaired) electrons. The lowest BCUT2D eigenvalue weighted by Gasteiger charge is -2.30. The summed E-state index contributed by atoms with van der Waals surface area (Å²) in [5.41, 5.74) is 2.84. The number of benzene rings is 2. The first kappa shape index (κ1) is 26.0.